The molecule has 2 amide bonds. The third kappa shape index (κ3) is 4.94. The van der Waals surface area contributed by atoms with Gasteiger partial charge in [-0.2, -0.15) is 0 Å². The van der Waals surface area contributed by atoms with Gasteiger partial charge in [0.2, 0.25) is 11.8 Å². The van der Waals surface area contributed by atoms with Crippen LogP contribution >= 0.6 is 0 Å². The lowest BCUT2D eigenvalue weighted by molar-refractivity contribution is -0.114. The fourth-order valence-corrected chi connectivity index (χ4v) is 2.20. The first-order valence-corrected chi connectivity index (χ1v) is 7.98. The third-order valence-electron chi connectivity index (χ3n) is 3.14. The van der Waals surface area contributed by atoms with Gasteiger partial charge in [-0.1, -0.05) is 0 Å². The molecule has 132 valence electrons. The molecule has 1 heterocycles. The van der Waals surface area contributed by atoms with Crippen LogP contribution in [0.1, 0.15) is 31.1 Å². The van der Waals surface area contributed by atoms with Crippen LogP contribution in [0.3, 0.4) is 0 Å². The minimum Gasteiger partial charge on any atom is -0.492 e. The van der Waals surface area contributed by atoms with Crippen LogP contribution in [0, 0.1) is 0 Å². The van der Waals surface area contributed by atoms with E-state index in [1.807, 2.05) is 13.8 Å². The van der Waals surface area contributed by atoms with Crippen molar-refractivity contribution in [3.05, 3.63) is 42.1 Å². The number of ether oxygens (including phenoxy) is 2. The Balaban J connectivity index is 2.31. The number of benzene rings is 1. The molecular formula is C18H21N3O4. The van der Waals surface area contributed by atoms with E-state index in [1.165, 1.54) is 6.92 Å². The second-order valence-corrected chi connectivity index (χ2v) is 5.07. The van der Waals surface area contributed by atoms with E-state index in [4.69, 9.17) is 9.47 Å². The van der Waals surface area contributed by atoms with Crippen LogP contribution in [0.2, 0.25) is 0 Å². The SMILES string of the molecule is CCOc1ccc(NC(C)=O)cc1NC(=O)c1cccnc1OCC. The van der Waals surface area contributed by atoms with Gasteiger partial charge in [-0.3, -0.25) is 9.59 Å². The van der Waals surface area contributed by atoms with E-state index in [0.29, 0.717) is 35.9 Å². The van der Waals surface area contributed by atoms with Gasteiger partial charge in [0, 0.05) is 18.8 Å². The summed E-state index contributed by atoms with van der Waals surface area (Å²) >= 11 is 0. The van der Waals surface area contributed by atoms with E-state index < -0.39 is 0 Å². The number of amides is 2. The van der Waals surface area contributed by atoms with Crippen LogP contribution in [0.4, 0.5) is 11.4 Å². The number of carbonyl (C=O) groups is 2. The van der Waals surface area contributed by atoms with E-state index in [-0.39, 0.29) is 17.7 Å². The van der Waals surface area contributed by atoms with Gasteiger partial charge in [-0.25, -0.2) is 4.98 Å². The number of nitrogens with one attached hydrogen (secondary N) is 2. The molecule has 0 aliphatic heterocycles. The van der Waals surface area contributed by atoms with Gasteiger partial charge in [-0.05, 0) is 44.2 Å². The largest absolute Gasteiger partial charge is 0.492 e. The molecule has 0 fully saturated rings. The molecule has 0 bridgehead atoms. The molecule has 2 N–H and O–H groups in total. The summed E-state index contributed by atoms with van der Waals surface area (Å²) in [5.41, 5.74) is 1.32. The molecule has 0 saturated heterocycles. The summed E-state index contributed by atoms with van der Waals surface area (Å²) < 4.78 is 10.9. The molecule has 1 aromatic heterocycles. The number of pyridine rings is 1. The van der Waals surface area contributed by atoms with Gasteiger partial charge in [0.1, 0.15) is 11.3 Å². The van der Waals surface area contributed by atoms with E-state index in [2.05, 4.69) is 15.6 Å². The molecule has 7 heteroatoms. The van der Waals surface area contributed by atoms with Crippen LogP contribution in [0.25, 0.3) is 0 Å². The van der Waals surface area contributed by atoms with Crippen molar-refractivity contribution in [2.24, 2.45) is 0 Å². The molecule has 25 heavy (non-hydrogen) atoms. The van der Waals surface area contributed by atoms with Crippen molar-refractivity contribution in [2.75, 3.05) is 23.8 Å². The minimum atomic E-state index is -0.377. The van der Waals surface area contributed by atoms with Gasteiger partial charge in [0.05, 0.1) is 18.9 Å². The zero-order valence-electron chi connectivity index (χ0n) is 14.5. The minimum absolute atomic E-state index is 0.202. The summed E-state index contributed by atoms with van der Waals surface area (Å²) in [6.45, 7) is 5.93. The normalized spacial score (nSPS) is 10.0. The number of aromatic nitrogens is 1. The number of hydrogen-bond acceptors (Lipinski definition) is 5. The summed E-state index contributed by atoms with van der Waals surface area (Å²) in [5, 5.41) is 5.47. The third-order valence-corrected chi connectivity index (χ3v) is 3.14. The quantitative estimate of drug-likeness (QED) is 0.806. The van der Waals surface area contributed by atoms with Gasteiger partial charge in [-0.15, -0.1) is 0 Å². The Morgan fingerprint density at radius 3 is 2.52 bits per heavy atom. The van der Waals surface area contributed by atoms with Crippen LogP contribution in [-0.2, 0) is 4.79 Å². The molecule has 7 nitrogen and oxygen atoms in total. The lowest BCUT2D eigenvalue weighted by Gasteiger charge is -2.14. The van der Waals surface area contributed by atoms with Crippen molar-refractivity contribution >= 4 is 23.2 Å². The zero-order chi connectivity index (χ0) is 18.2. The summed E-state index contributed by atoms with van der Waals surface area (Å²) in [6.07, 6.45) is 1.56. The molecular weight excluding hydrogens is 322 g/mol. The van der Waals surface area contributed by atoms with E-state index in [0.717, 1.165) is 0 Å². The average Bonchev–Trinajstić information content (AvgIpc) is 2.57. The molecule has 0 spiro atoms. The summed E-state index contributed by atoms with van der Waals surface area (Å²) in [5.74, 6) is 0.190. The van der Waals surface area contributed by atoms with Crippen molar-refractivity contribution in [1.29, 1.82) is 0 Å². The number of hydrogen-bond donors (Lipinski definition) is 2. The Kier molecular flexibility index (Phi) is 6.33. The fraction of sp³-hybridized carbons (Fsp3) is 0.278. The van der Waals surface area contributed by atoms with Crippen LogP contribution in [0.15, 0.2) is 36.5 Å². The monoisotopic (exact) mass is 343 g/mol. The highest BCUT2D eigenvalue weighted by molar-refractivity contribution is 6.07. The molecule has 1 aromatic carbocycles. The average molecular weight is 343 g/mol. The number of rotatable bonds is 7. The standard InChI is InChI=1S/C18H21N3O4/c1-4-24-16-9-8-13(20-12(3)22)11-15(16)21-17(23)14-7-6-10-19-18(14)25-5-2/h6-11H,4-5H2,1-3H3,(H,20,22)(H,21,23). The number of nitrogens with zero attached hydrogens (tertiary/aromatic N) is 1. The Morgan fingerprint density at radius 1 is 1.08 bits per heavy atom. The lowest BCUT2D eigenvalue weighted by atomic mass is 10.2. The van der Waals surface area contributed by atoms with Gasteiger partial charge in [0.15, 0.2) is 0 Å². The van der Waals surface area contributed by atoms with Crippen LogP contribution < -0.4 is 20.1 Å². The molecule has 0 saturated carbocycles. The van der Waals surface area contributed by atoms with Crippen molar-refractivity contribution in [1.82, 2.24) is 4.98 Å². The van der Waals surface area contributed by atoms with Crippen LogP contribution in [-0.4, -0.2) is 30.0 Å². The van der Waals surface area contributed by atoms with Gasteiger partial charge >= 0.3 is 0 Å². The maximum Gasteiger partial charge on any atom is 0.261 e. The first-order chi connectivity index (χ1) is 12.0. The second-order valence-electron chi connectivity index (χ2n) is 5.07. The zero-order valence-corrected chi connectivity index (χ0v) is 14.5. The highest BCUT2D eigenvalue weighted by Crippen LogP contribution is 2.29. The van der Waals surface area contributed by atoms with Crippen molar-refractivity contribution in [3.8, 4) is 11.6 Å². The highest BCUT2D eigenvalue weighted by atomic mass is 16.5. The molecule has 0 aliphatic carbocycles. The van der Waals surface area contributed by atoms with E-state index >= 15 is 0 Å². The van der Waals surface area contributed by atoms with Gasteiger partial charge < -0.3 is 20.1 Å². The molecule has 0 unspecified atom stereocenters. The maximum absolute atomic E-state index is 12.6. The summed E-state index contributed by atoms with van der Waals surface area (Å²) in [6, 6.07) is 8.33. The molecule has 0 radical (unpaired) electrons. The second kappa shape index (κ2) is 8.68. The molecule has 0 atom stereocenters. The summed E-state index contributed by atoms with van der Waals surface area (Å²) in [7, 11) is 0. The predicted octanol–water partition coefficient (Wildman–Crippen LogP) is 3.09. The van der Waals surface area contributed by atoms with E-state index in [1.54, 1.807) is 36.5 Å². The smallest absolute Gasteiger partial charge is 0.261 e. The lowest BCUT2D eigenvalue weighted by Crippen LogP contribution is -2.15. The predicted molar refractivity (Wildman–Crippen MR) is 95.3 cm³/mol. The van der Waals surface area contributed by atoms with Gasteiger partial charge in [0.25, 0.3) is 5.91 Å². The topological polar surface area (TPSA) is 89.6 Å². The number of anilines is 2. The maximum atomic E-state index is 12.6. The van der Waals surface area contributed by atoms with Crippen molar-refractivity contribution in [3.63, 3.8) is 0 Å². The van der Waals surface area contributed by atoms with E-state index in [9.17, 15) is 9.59 Å². The Hall–Kier alpha value is -3.09. The summed E-state index contributed by atoms with van der Waals surface area (Å²) in [4.78, 5) is 27.9. The fourth-order valence-electron chi connectivity index (χ4n) is 2.20. The van der Waals surface area contributed by atoms with Crippen molar-refractivity contribution in [2.45, 2.75) is 20.8 Å². The highest BCUT2D eigenvalue weighted by Gasteiger charge is 2.16. The molecule has 2 aromatic rings. The Labute approximate surface area is 146 Å². The first-order valence-electron chi connectivity index (χ1n) is 7.98. The Morgan fingerprint density at radius 2 is 1.84 bits per heavy atom. The Bertz CT molecular complexity index is 762. The van der Waals surface area contributed by atoms with Crippen LogP contribution in [0.5, 0.6) is 11.6 Å². The molecule has 2 rings (SSSR count). The molecule has 0 aliphatic rings. The van der Waals surface area contributed by atoms with Crippen molar-refractivity contribution < 1.29 is 19.1 Å². The number of carbonyl (C=O) groups excluding carboxylic acids is 2. The first kappa shape index (κ1) is 18.3.